The van der Waals surface area contributed by atoms with Gasteiger partial charge in [-0.3, -0.25) is 4.79 Å². The molecule has 1 fully saturated rings. The SMILES string of the molecule is C[C@H](C(=O)N1CC2(CCCC2)c2c(F)cccc21)n1cncn1. The van der Waals surface area contributed by atoms with Crippen molar-refractivity contribution in [2.75, 3.05) is 11.4 Å². The first kappa shape index (κ1) is 14.4. The first-order valence-electron chi connectivity index (χ1n) is 8.07. The van der Waals surface area contributed by atoms with Crippen LogP contribution in [0.1, 0.15) is 44.2 Å². The van der Waals surface area contributed by atoms with Crippen molar-refractivity contribution in [3.63, 3.8) is 0 Å². The lowest BCUT2D eigenvalue weighted by atomic mass is 9.80. The van der Waals surface area contributed by atoms with Gasteiger partial charge in [0.15, 0.2) is 0 Å². The molecular formula is C17H19FN4O. The molecule has 1 amide bonds. The highest BCUT2D eigenvalue weighted by Gasteiger charge is 2.48. The summed E-state index contributed by atoms with van der Waals surface area (Å²) in [6.07, 6.45) is 7.03. The summed E-state index contributed by atoms with van der Waals surface area (Å²) in [4.78, 5) is 18.6. The van der Waals surface area contributed by atoms with E-state index in [-0.39, 0.29) is 17.1 Å². The Morgan fingerprint density at radius 3 is 2.83 bits per heavy atom. The highest BCUT2D eigenvalue weighted by molar-refractivity contribution is 5.98. The maximum absolute atomic E-state index is 14.5. The minimum Gasteiger partial charge on any atom is -0.309 e. The fourth-order valence-corrected chi connectivity index (χ4v) is 4.14. The van der Waals surface area contributed by atoms with Gasteiger partial charge in [0, 0.05) is 17.5 Å². The molecule has 0 unspecified atom stereocenters. The van der Waals surface area contributed by atoms with E-state index in [4.69, 9.17) is 0 Å². The lowest BCUT2D eigenvalue weighted by Gasteiger charge is -2.26. The molecule has 0 saturated heterocycles. The largest absolute Gasteiger partial charge is 0.309 e. The molecule has 2 aromatic rings. The van der Waals surface area contributed by atoms with Crippen molar-refractivity contribution in [3.05, 3.63) is 42.2 Å². The van der Waals surface area contributed by atoms with Crippen molar-refractivity contribution in [1.82, 2.24) is 14.8 Å². The van der Waals surface area contributed by atoms with E-state index in [0.29, 0.717) is 6.54 Å². The molecule has 2 heterocycles. The lowest BCUT2D eigenvalue weighted by Crippen LogP contribution is -2.39. The zero-order valence-electron chi connectivity index (χ0n) is 13.1. The number of hydrogen-bond acceptors (Lipinski definition) is 3. The van der Waals surface area contributed by atoms with Crippen LogP contribution < -0.4 is 4.90 Å². The topological polar surface area (TPSA) is 51.0 Å². The van der Waals surface area contributed by atoms with Crippen molar-refractivity contribution in [2.24, 2.45) is 0 Å². The number of benzene rings is 1. The summed E-state index contributed by atoms with van der Waals surface area (Å²) >= 11 is 0. The molecule has 2 aliphatic rings. The Kier molecular flexibility index (Phi) is 3.21. The fraction of sp³-hybridized carbons (Fsp3) is 0.471. The highest BCUT2D eigenvalue weighted by Crippen LogP contribution is 2.51. The van der Waals surface area contributed by atoms with Gasteiger partial charge >= 0.3 is 0 Å². The van der Waals surface area contributed by atoms with Crippen LogP contribution in [-0.4, -0.2) is 27.2 Å². The molecule has 1 aromatic carbocycles. The maximum atomic E-state index is 14.5. The van der Waals surface area contributed by atoms with Gasteiger partial charge in [-0.15, -0.1) is 0 Å². The van der Waals surface area contributed by atoms with Crippen molar-refractivity contribution in [3.8, 4) is 0 Å². The minimum atomic E-state index is -0.454. The third kappa shape index (κ3) is 2.08. The van der Waals surface area contributed by atoms with E-state index in [0.717, 1.165) is 36.9 Å². The third-order valence-corrected chi connectivity index (χ3v) is 5.29. The molecule has 1 saturated carbocycles. The number of hydrogen-bond donors (Lipinski definition) is 0. The van der Waals surface area contributed by atoms with Crippen molar-refractivity contribution < 1.29 is 9.18 Å². The second-order valence-electron chi connectivity index (χ2n) is 6.60. The van der Waals surface area contributed by atoms with Crippen LogP contribution in [0.3, 0.4) is 0 Å². The predicted molar refractivity (Wildman–Crippen MR) is 83.6 cm³/mol. The monoisotopic (exact) mass is 314 g/mol. The summed E-state index contributed by atoms with van der Waals surface area (Å²) in [5.41, 5.74) is 1.25. The lowest BCUT2D eigenvalue weighted by molar-refractivity contribution is -0.121. The number of nitrogens with zero attached hydrogens (tertiary/aromatic N) is 4. The molecule has 120 valence electrons. The third-order valence-electron chi connectivity index (χ3n) is 5.29. The first-order valence-corrected chi connectivity index (χ1v) is 8.07. The zero-order chi connectivity index (χ0) is 16.0. The van der Waals surface area contributed by atoms with Gasteiger partial charge in [-0.2, -0.15) is 5.10 Å². The number of rotatable bonds is 2. The Morgan fingerprint density at radius 1 is 1.35 bits per heavy atom. The Bertz CT molecular complexity index is 737. The van der Waals surface area contributed by atoms with Crippen LogP contribution in [0.25, 0.3) is 0 Å². The number of amides is 1. The molecule has 1 atom stereocenters. The highest BCUT2D eigenvalue weighted by atomic mass is 19.1. The van der Waals surface area contributed by atoms with Crippen LogP contribution in [0.5, 0.6) is 0 Å². The molecule has 0 N–H and O–H groups in total. The fourth-order valence-electron chi connectivity index (χ4n) is 4.14. The Hall–Kier alpha value is -2.24. The maximum Gasteiger partial charge on any atom is 0.251 e. The number of aromatic nitrogens is 3. The Balaban J connectivity index is 1.74. The predicted octanol–water partition coefficient (Wildman–Crippen LogP) is 2.84. The summed E-state index contributed by atoms with van der Waals surface area (Å²) in [6.45, 7) is 2.37. The van der Waals surface area contributed by atoms with Gasteiger partial charge in [-0.05, 0) is 31.9 Å². The average molecular weight is 314 g/mol. The Labute approximate surface area is 134 Å². The van der Waals surface area contributed by atoms with Gasteiger partial charge in [0.25, 0.3) is 5.91 Å². The quantitative estimate of drug-likeness (QED) is 0.856. The number of carbonyl (C=O) groups excluding carboxylic acids is 1. The number of fused-ring (bicyclic) bond motifs is 2. The van der Waals surface area contributed by atoms with Gasteiger partial charge in [0.05, 0.1) is 5.69 Å². The molecule has 5 nitrogen and oxygen atoms in total. The summed E-state index contributed by atoms with van der Waals surface area (Å²) < 4.78 is 16.1. The molecule has 1 aromatic heterocycles. The van der Waals surface area contributed by atoms with Gasteiger partial charge in [0.2, 0.25) is 0 Å². The van der Waals surface area contributed by atoms with Crippen LogP contribution in [0.15, 0.2) is 30.9 Å². The van der Waals surface area contributed by atoms with Crippen LogP contribution in [0.4, 0.5) is 10.1 Å². The molecule has 4 rings (SSSR count). The number of carbonyl (C=O) groups is 1. The summed E-state index contributed by atoms with van der Waals surface area (Å²) in [5.74, 6) is -0.251. The van der Waals surface area contributed by atoms with Crippen molar-refractivity contribution in [1.29, 1.82) is 0 Å². The standard InChI is InChI=1S/C17H19FN4O/c1-12(22-11-19-10-20-22)16(23)21-9-17(7-2-3-8-17)15-13(18)5-4-6-14(15)21/h4-6,10-12H,2-3,7-9H2,1H3/t12-/m1/s1. The van der Waals surface area contributed by atoms with Gasteiger partial charge in [-0.1, -0.05) is 18.9 Å². The molecule has 6 heteroatoms. The van der Waals surface area contributed by atoms with E-state index in [1.54, 1.807) is 22.6 Å². The minimum absolute atomic E-state index is 0.0638. The molecule has 23 heavy (non-hydrogen) atoms. The smallest absolute Gasteiger partial charge is 0.251 e. The summed E-state index contributed by atoms with van der Waals surface area (Å²) in [7, 11) is 0. The molecule has 1 aliphatic carbocycles. The first-order chi connectivity index (χ1) is 11.1. The van der Waals surface area contributed by atoms with E-state index in [1.165, 1.54) is 18.7 Å². The zero-order valence-corrected chi connectivity index (χ0v) is 13.1. The van der Waals surface area contributed by atoms with E-state index in [1.807, 2.05) is 6.07 Å². The van der Waals surface area contributed by atoms with Gasteiger partial charge < -0.3 is 4.90 Å². The summed E-state index contributed by atoms with van der Waals surface area (Å²) in [5, 5.41) is 4.06. The van der Waals surface area contributed by atoms with Crippen LogP contribution >= 0.6 is 0 Å². The molecular weight excluding hydrogens is 295 g/mol. The van der Waals surface area contributed by atoms with Crippen LogP contribution in [0, 0.1) is 5.82 Å². The second-order valence-corrected chi connectivity index (χ2v) is 6.60. The second kappa shape index (κ2) is 5.15. The Morgan fingerprint density at radius 2 is 2.13 bits per heavy atom. The van der Waals surface area contributed by atoms with Crippen molar-refractivity contribution >= 4 is 11.6 Å². The summed E-state index contributed by atoms with van der Waals surface area (Å²) in [6, 6.07) is 4.60. The van der Waals surface area contributed by atoms with Gasteiger partial charge in [0.1, 0.15) is 24.5 Å². The molecule has 0 bridgehead atoms. The van der Waals surface area contributed by atoms with E-state index in [2.05, 4.69) is 10.1 Å². The van der Waals surface area contributed by atoms with Gasteiger partial charge in [-0.25, -0.2) is 14.1 Å². The molecule has 1 aliphatic heterocycles. The van der Waals surface area contributed by atoms with E-state index < -0.39 is 6.04 Å². The van der Waals surface area contributed by atoms with E-state index >= 15 is 0 Å². The van der Waals surface area contributed by atoms with Crippen LogP contribution in [-0.2, 0) is 10.2 Å². The molecule has 1 spiro atoms. The van der Waals surface area contributed by atoms with Crippen LogP contribution in [0.2, 0.25) is 0 Å². The average Bonchev–Trinajstić information content (AvgIpc) is 3.28. The molecule has 0 radical (unpaired) electrons. The van der Waals surface area contributed by atoms with E-state index in [9.17, 15) is 9.18 Å². The number of halogens is 1. The number of anilines is 1. The normalized spacial score (nSPS) is 20.0. The van der Waals surface area contributed by atoms with Crippen molar-refractivity contribution in [2.45, 2.75) is 44.1 Å².